The molecular formula is C12H12N2O3. The molecule has 0 fully saturated rings. The molecule has 88 valence electrons. The summed E-state index contributed by atoms with van der Waals surface area (Å²) in [6.45, 7) is 3.47. The number of hydrogen-bond donors (Lipinski definition) is 2. The Labute approximate surface area is 98.1 Å². The van der Waals surface area contributed by atoms with Gasteiger partial charge in [-0.15, -0.1) is 0 Å². The van der Waals surface area contributed by atoms with Crippen molar-refractivity contribution in [3.8, 4) is 5.75 Å². The van der Waals surface area contributed by atoms with Crippen molar-refractivity contribution in [1.82, 2.24) is 4.98 Å². The molecule has 0 radical (unpaired) electrons. The first-order valence-electron chi connectivity index (χ1n) is 5.10. The summed E-state index contributed by atoms with van der Waals surface area (Å²) in [6.07, 6.45) is 1.49. The topological polar surface area (TPSA) is 75.4 Å². The van der Waals surface area contributed by atoms with Crippen molar-refractivity contribution in [3.05, 3.63) is 41.5 Å². The molecule has 0 aliphatic carbocycles. The van der Waals surface area contributed by atoms with E-state index in [9.17, 15) is 9.90 Å². The van der Waals surface area contributed by atoms with Gasteiger partial charge in [0.1, 0.15) is 11.5 Å². The van der Waals surface area contributed by atoms with Crippen LogP contribution >= 0.6 is 0 Å². The van der Waals surface area contributed by atoms with Gasteiger partial charge in [-0.25, -0.2) is 4.98 Å². The van der Waals surface area contributed by atoms with Crippen LogP contribution in [0.3, 0.4) is 0 Å². The third-order valence-corrected chi connectivity index (χ3v) is 2.30. The summed E-state index contributed by atoms with van der Waals surface area (Å²) in [6, 6.07) is 4.68. The molecule has 0 atom stereocenters. The molecule has 2 aromatic heterocycles. The third-order valence-electron chi connectivity index (χ3n) is 2.30. The lowest BCUT2D eigenvalue weighted by molar-refractivity contribution is 0.102. The van der Waals surface area contributed by atoms with Crippen molar-refractivity contribution in [1.29, 1.82) is 0 Å². The molecule has 0 spiro atoms. The first kappa shape index (κ1) is 11.2. The molecule has 0 aliphatic heterocycles. The Bertz CT molecular complexity index is 561. The number of aromatic nitrogens is 1. The second kappa shape index (κ2) is 4.29. The number of anilines is 1. The fourth-order valence-electron chi connectivity index (χ4n) is 1.52. The van der Waals surface area contributed by atoms with Gasteiger partial charge in [0.15, 0.2) is 11.6 Å². The highest BCUT2D eigenvalue weighted by Crippen LogP contribution is 2.20. The second-order valence-corrected chi connectivity index (χ2v) is 3.65. The molecule has 17 heavy (non-hydrogen) atoms. The lowest BCUT2D eigenvalue weighted by Gasteiger charge is -2.04. The van der Waals surface area contributed by atoms with E-state index in [0.29, 0.717) is 17.1 Å². The number of furan rings is 1. The Kier molecular flexibility index (Phi) is 2.82. The number of aromatic hydroxyl groups is 1. The number of nitrogens with zero attached hydrogens (tertiary/aromatic N) is 1. The molecule has 5 nitrogen and oxygen atoms in total. The predicted octanol–water partition coefficient (Wildman–Crippen LogP) is 2.25. The number of rotatable bonds is 2. The number of pyridine rings is 1. The Morgan fingerprint density at radius 3 is 2.82 bits per heavy atom. The van der Waals surface area contributed by atoms with Gasteiger partial charge < -0.3 is 14.8 Å². The predicted molar refractivity (Wildman–Crippen MR) is 62.0 cm³/mol. The van der Waals surface area contributed by atoms with Crippen LogP contribution in [-0.4, -0.2) is 16.0 Å². The summed E-state index contributed by atoms with van der Waals surface area (Å²) >= 11 is 0. The number of nitrogens with one attached hydrogen (secondary N) is 1. The quantitative estimate of drug-likeness (QED) is 0.832. The maximum Gasteiger partial charge on any atom is 0.260 e. The average molecular weight is 232 g/mol. The number of carbonyl (C=O) groups excluding carboxylic acids is 1. The number of amides is 1. The summed E-state index contributed by atoms with van der Waals surface area (Å²) < 4.78 is 5.26. The molecule has 2 rings (SSSR count). The Hall–Kier alpha value is -2.30. The molecule has 2 N–H and O–H groups in total. The molecule has 5 heteroatoms. The van der Waals surface area contributed by atoms with E-state index >= 15 is 0 Å². The smallest absolute Gasteiger partial charge is 0.260 e. The van der Waals surface area contributed by atoms with Crippen molar-refractivity contribution in [2.24, 2.45) is 0 Å². The highest BCUT2D eigenvalue weighted by molar-refractivity contribution is 6.05. The van der Waals surface area contributed by atoms with E-state index in [2.05, 4.69) is 10.3 Å². The van der Waals surface area contributed by atoms with Crippen molar-refractivity contribution < 1.29 is 14.3 Å². The molecule has 2 heterocycles. The van der Waals surface area contributed by atoms with Crippen molar-refractivity contribution in [2.45, 2.75) is 13.8 Å². The summed E-state index contributed by atoms with van der Waals surface area (Å²) in [5, 5.41) is 12.0. The van der Waals surface area contributed by atoms with E-state index in [1.165, 1.54) is 12.3 Å². The zero-order valence-electron chi connectivity index (χ0n) is 9.52. The molecule has 0 saturated heterocycles. The van der Waals surface area contributed by atoms with Gasteiger partial charge in [-0.1, -0.05) is 0 Å². The lowest BCUT2D eigenvalue weighted by Crippen LogP contribution is -2.13. The number of hydrogen-bond acceptors (Lipinski definition) is 4. The SMILES string of the molecule is Cc1cc(C(=O)Nc2ncccc2O)c(C)o1. The van der Waals surface area contributed by atoms with E-state index in [-0.39, 0.29) is 17.5 Å². The fraction of sp³-hybridized carbons (Fsp3) is 0.167. The van der Waals surface area contributed by atoms with Gasteiger partial charge in [-0.05, 0) is 32.0 Å². The number of aryl methyl sites for hydroxylation is 2. The van der Waals surface area contributed by atoms with Gasteiger partial charge >= 0.3 is 0 Å². The first-order valence-corrected chi connectivity index (χ1v) is 5.10. The van der Waals surface area contributed by atoms with E-state index in [0.717, 1.165) is 0 Å². The van der Waals surface area contributed by atoms with E-state index < -0.39 is 0 Å². The largest absolute Gasteiger partial charge is 0.504 e. The normalized spacial score (nSPS) is 10.2. The molecule has 0 aromatic carbocycles. The monoisotopic (exact) mass is 232 g/mol. The maximum atomic E-state index is 11.9. The number of carbonyl (C=O) groups is 1. The van der Waals surface area contributed by atoms with Gasteiger partial charge in [0.25, 0.3) is 5.91 Å². The van der Waals surface area contributed by atoms with Crippen LogP contribution in [0.2, 0.25) is 0 Å². The van der Waals surface area contributed by atoms with Crippen LogP contribution in [0, 0.1) is 13.8 Å². The minimum absolute atomic E-state index is 0.0706. The van der Waals surface area contributed by atoms with Gasteiger partial charge in [0.2, 0.25) is 0 Å². The van der Waals surface area contributed by atoms with Crippen LogP contribution in [0.1, 0.15) is 21.9 Å². The zero-order valence-corrected chi connectivity index (χ0v) is 9.52. The Morgan fingerprint density at radius 2 is 2.24 bits per heavy atom. The highest BCUT2D eigenvalue weighted by Gasteiger charge is 2.15. The van der Waals surface area contributed by atoms with Crippen LogP contribution in [-0.2, 0) is 0 Å². The molecule has 0 unspecified atom stereocenters. The molecule has 2 aromatic rings. The molecular weight excluding hydrogens is 220 g/mol. The van der Waals surface area contributed by atoms with E-state index in [1.807, 2.05) is 0 Å². The minimum atomic E-state index is -0.353. The van der Waals surface area contributed by atoms with Crippen LogP contribution in [0.15, 0.2) is 28.8 Å². The fourth-order valence-corrected chi connectivity index (χ4v) is 1.52. The van der Waals surface area contributed by atoms with Gasteiger partial charge in [0.05, 0.1) is 5.56 Å². The zero-order chi connectivity index (χ0) is 12.4. The van der Waals surface area contributed by atoms with Crippen molar-refractivity contribution in [3.63, 3.8) is 0 Å². The van der Waals surface area contributed by atoms with Crippen LogP contribution < -0.4 is 5.32 Å². The van der Waals surface area contributed by atoms with Gasteiger partial charge in [-0.3, -0.25) is 4.79 Å². The Balaban J connectivity index is 2.23. The third kappa shape index (κ3) is 2.28. The average Bonchev–Trinajstić information content (AvgIpc) is 2.61. The summed E-state index contributed by atoms with van der Waals surface area (Å²) in [7, 11) is 0. The first-order chi connectivity index (χ1) is 8.08. The lowest BCUT2D eigenvalue weighted by atomic mass is 10.2. The van der Waals surface area contributed by atoms with Gasteiger partial charge in [0, 0.05) is 6.20 Å². The maximum absolute atomic E-state index is 11.9. The van der Waals surface area contributed by atoms with Crippen molar-refractivity contribution in [2.75, 3.05) is 5.32 Å². The van der Waals surface area contributed by atoms with Crippen molar-refractivity contribution >= 4 is 11.7 Å². The summed E-state index contributed by atoms with van der Waals surface area (Å²) in [5.41, 5.74) is 0.438. The van der Waals surface area contributed by atoms with E-state index in [1.54, 1.807) is 26.0 Å². The van der Waals surface area contributed by atoms with E-state index in [4.69, 9.17) is 4.42 Å². The summed E-state index contributed by atoms with van der Waals surface area (Å²) in [4.78, 5) is 15.7. The molecule has 1 amide bonds. The minimum Gasteiger partial charge on any atom is -0.504 e. The van der Waals surface area contributed by atoms with Crippen LogP contribution in [0.4, 0.5) is 5.82 Å². The molecule has 0 bridgehead atoms. The van der Waals surface area contributed by atoms with Crippen LogP contribution in [0.25, 0.3) is 0 Å². The summed E-state index contributed by atoms with van der Waals surface area (Å²) in [5.74, 6) is 0.913. The van der Waals surface area contributed by atoms with Crippen LogP contribution in [0.5, 0.6) is 5.75 Å². The Morgan fingerprint density at radius 1 is 1.47 bits per heavy atom. The highest BCUT2D eigenvalue weighted by atomic mass is 16.3. The molecule has 0 saturated carbocycles. The standard InChI is InChI=1S/C12H12N2O3/c1-7-6-9(8(2)17-7)12(16)14-11-10(15)4-3-5-13-11/h3-6,15H,1-2H3,(H,13,14,16). The molecule has 0 aliphatic rings. The second-order valence-electron chi connectivity index (χ2n) is 3.65. The van der Waals surface area contributed by atoms with Gasteiger partial charge in [-0.2, -0.15) is 0 Å².